The molecule has 0 aromatic carbocycles. The van der Waals surface area contributed by atoms with Crippen molar-refractivity contribution in [3.8, 4) is 0 Å². The van der Waals surface area contributed by atoms with Crippen molar-refractivity contribution < 1.29 is 10.2 Å². The Kier molecular flexibility index (Phi) is 1.80. The zero-order chi connectivity index (χ0) is 9.76. The first-order valence-electron chi connectivity index (χ1n) is 5.75. The van der Waals surface area contributed by atoms with Crippen LogP contribution in [0, 0.1) is 23.2 Å². The highest BCUT2D eigenvalue weighted by Gasteiger charge is 2.62. The Balaban J connectivity index is 1.95. The predicted molar refractivity (Wildman–Crippen MR) is 53.6 cm³/mol. The van der Waals surface area contributed by atoms with E-state index in [4.69, 9.17) is 0 Å². The third-order valence-electron chi connectivity index (χ3n) is 4.78. The maximum Gasteiger partial charge on any atom is 0.0648 e. The van der Waals surface area contributed by atoms with Gasteiger partial charge in [-0.05, 0) is 42.6 Å². The van der Waals surface area contributed by atoms with E-state index in [-0.39, 0.29) is 18.6 Å². The molecule has 0 aromatic heterocycles. The van der Waals surface area contributed by atoms with Gasteiger partial charge in [0, 0.05) is 5.41 Å². The molecular formula is C12H18O2. The van der Waals surface area contributed by atoms with Gasteiger partial charge in [-0.3, -0.25) is 0 Å². The lowest BCUT2D eigenvalue weighted by Gasteiger charge is -2.29. The molecule has 14 heavy (non-hydrogen) atoms. The third-order valence-corrected chi connectivity index (χ3v) is 4.78. The number of hydrogen-bond acceptors (Lipinski definition) is 2. The standard InChI is InChI=1S/C12H18O2/c13-6-9-4-8-2-1-3-10(8)11-5-12(9,11)7-14/h4,8,10-11,13-14H,1-3,5-7H2/t8-,10-,11+,12+/m0/s1. The van der Waals surface area contributed by atoms with E-state index in [1.807, 2.05) is 0 Å². The third kappa shape index (κ3) is 0.934. The first-order valence-corrected chi connectivity index (χ1v) is 5.75. The minimum absolute atomic E-state index is 0.0141. The van der Waals surface area contributed by atoms with Crippen LogP contribution in [-0.4, -0.2) is 23.4 Å². The fourth-order valence-electron chi connectivity index (χ4n) is 3.91. The van der Waals surface area contributed by atoms with E-state index >= 15 is 0 Å². The molecule has 0 unspecified atom stereocenters. The Morgan fingerprint density at radius 3 is 2.93 bits per heavy atom. The number of hydrogen-bond donors (Lipinski definition) is 2. The van der Waals surface area contributed by atoms with Crippen molar-refractivity contribution in [2.75, 3.05) is 13.2 Å². The summed E-state index contributed by atoms with van der Waals surface area (Å²) in [7, 11) is 0. The summed E-state index contributed by atoms with van der Waals surface area (Å²) in [4.78, 5) is 0. The van der Waals surface area contributed by atoms with E-state index in [0.29, 0.717) is 11.8 Å². The van der Waals surface area contributed by atoms with Gasteiger partial charge in [0.25, 0.3) is 0 Å². The molecule has 2 N–H and O–H groups in total. The Labute approximate surface area is 84.6 Å². The van der Waals surface area contributed by atoms with Gasteiger partial charge in [0.15, 0.2) is 0 Å². The lowest BCUT2D eigenvalue weighted by molar-refractivity contribution is 0.176. The Bertz CT molecular complexity index is 284. The Morgan fingerprint density at radius 2 is 2.21 bits per heavy atom. The highest BCUT2D eigenvalue weighted by molar-refractivity contribution is 5.32. The molecule has 0 aromatic rings. The van der Waals surface area contributed by atoms with Crippen molar-refractivity contribution >= 4 is 0 Å². The average molecular weight is 194 g/mol. The molecule has 2 saturated carbocycles. The van der Waals surface area contributed by atoms with Crippen molar-refractivity contribution in [2.24, 2.45) is 23.2 Å². The molecule has 3 rings (SSSR count). The summed E-state index contributed by atoms with van der Waals surface area (Å²) < 4.78 is 0. The summed E-state index contributed by atoms with van der Waals surface area (Å²) in [5.74, 6) is 2.22. The minimum Gasteiger partial charge on any atom is -0.395 e. The Hall–Kier alpha value is -0.340. The van der Waals surface area contributed by atoms with E-state index in [1.54, 1.807) is 0 Å². The first-order chi connectivity index (χ1) is 6.81. The van der Waals surface area contributed by atoms with Crippen LogP contribution in [0.2, 0.25) is 0 Å². The largest absolute Gasteiger partial charge is 0.395 e. The molecule has 2 nitrogen and oxygen atoms in total. The van der Waals surface area contributed by atoms with Gasteiger partial charge < -0.3 is 10.2 Å². The highest BCUT2D eigenvalue weighted by Crippen LogP contribution is 2.67. The molecule has 0 spiro atoms. The summed E-state index contributed by atoms with van der Waals surface area (Å²) in [6.45, 7) is 0.396. The van der Waals surface area contributed by atoms with Crippen LogP contribution in [0.1, 0.15) is 25.7 Å². The fraction of sp³-hybridized carbons (Fsp3) is 0.833. The van der Waals surface area contributed by atoms with Crippen LogP contribution in [0.15, 0.2) is 11.6 Å². The second-order valence-electron chi connectivity index (χ2n) is 5.23. The predicted octanol–water partition coefficient (Wildman–Crippen LogP) is 1.33. The van der Waals surface area contributed by atoms with Crippen molar-refractivity contribution in [1.29, 1.82) is 0 Å². The quantitative estimate of drug-likeness (QED) is 0.651. The van der Waals surface area contributed by atoms with Crippen LogP contribution >= 0.6 is 0 Å². The molecule has 0 saturated heterocycles. The fourth-order valence-corrected chi connectivity index (χ4v) is 3.91. The number of allylic oxidation sites excluding steroid dienone is 1. The average Bonchev–Trinajstić information content (AvgIpc) is 2.80. The van der Waals surface area contributed by atoms with Gasteiger partial charge in [-0.2, -0.15) is 0 Å². The summed E-state index contributed by atoms with van der Waals surface area (Å²) in [6, 6.07) is 0. The second-order valence-corrected chi connectivity index (χ2v) is 5.23. The molecule has 0 radical (unpaired) electrons. The minimum atomic E-state index is 0.0141. The van der Waals surface area contributed by atoms with Crippen molar-refractivity contribution in [3.05, 3.63) is 11.6 Å². The van der Waals surface area contributed by atoms with E-state index < -0.39 is 0 Å². The zero-order valence-electron chi connectivity index (χ0n) is 8.45. The molecule has 2 fully saturated rings. The number of aliphatic hydroxyl groups excluding tert-OH is 2. The molecule has 0 bridgehead atoms. The van der Waals surface area contributed by atoms with Crippen molar-refractivity contribution in [3.63, 3.8) is 0 Å². The van der Waals surface area contributed by atoms with Gasteiger partial charge in [-0.15, -0.1) is 0 Å². The second kappa shape index (κ2) is 2.83. The SMILES string of the molecule is OCC1=C[C@@H]2CCC[C@@H]2[C@H]2C[C@@]12CO. The molecule has 0 amide bonds. The summed E-state index contributed by atoms with van der Waals surface area (Å²) in [5, 5.41) is 18.8. The molecule has 0 aliphatic heterocycles. The highest BCUT2D eigenvalue weighted by atomic mass is 16.3. The monoisotopic (exact) mass is 194 g/mol. The number of fused-ring (bicyclic) bond motifs is 3. The smallest absolute Gasteiger partial charge is 0.0648 e. The van der Waals surface area contributed by atoms with Crippen LogP contribution in [0.5, 0.6) is 0 Å². The lowest BCUT2D eigenvalue weighted by Crippen LogP contribution is -2.26. The van der Waals surface area contributed by atoms with E-state index in [0.717, 1.165) is 17.9 Å². The molecular weight excluding hydrogens is 176 g/mol. The van der Waals surface area contributed by atoms with Gasteiger partial charge in [0.2, 0.25) is 0 Å². The normalized spacial score (nSPS) is 49.6. The molecule has 78 valence electrons. The zero-order valence-corrected chi connectivity index (χ0v) is 8.45. The topological polar surface area (TPSA) is 40.5 Å². The van der Waals surface area contributed by atoms with E-state index in [9.17, 15) is 10.2 Å². The summed E-state index contributed by atoms with van der Waals surface area (Å²) in [5.41, 5.74) is 1.15. The Morgan fingerprint density at radius 1 is 1.36 bits per heavy atom. The molecule has 0 heterocycles. The molecule has 3 aliphatic rings. The van der Waals surface area contributed by atoms with Crippen LogP contribution in [-0.2, 0) is 0 Å². The van der Waals surface area contributed by atoms with Crippen LogP contribution < -0.4 is 0 Å². The van der Waals surface area contributed by atoms with Gasteiger partial charge >= 0.3 is 0 Å². The van der Waals surface area contributed by atoms with Gasteiger partial charge in [-0.25, -0.2) is 0 Å². The van der Waals surface area contributed by atoms with Gasteiger partial charge in [0.05, 0.1) is 13.2 Å². The molecule has 2 heteroatoms. The van der Waals surface area contributed by atoms with Crippen LogP contribution in [0.4, 0.5) is 0 Å². The molecule has 4 atom stereocenters. The number of rotatable bonds is 2. The summed E-state index contributed by atoms with van der Waals surface area (Å²) >= 11 is 0. The first kappa shape index (κ1) is 8.93. The summed E-state index contributed by atoms with van der Waals surface area (Å²) in [6.07, 6.45) is 7.37. The van der Waals surface area contributed by atoms with Crippen LogP contribution in [0.25, 0.3) is 0 Å². The lowest BCUT2D eigenvalue weighted by atomic mass is 9.77. The van der Waals surface area contributed by atoms with E-state index in [1.165, 1.54) is 19.3 Å². The van der Waals surface area contributed by atoms with Gasteiger partial charge in [0.1, 0.15) is 0 Å². The van der Waals surface area contributed by atoms with E-state index in [2.05, 4.69) is 6.08 Å². The van der Waals surface area contributed by atoms with Crippen molar-refractivity contribution in [2.45, 2.75) is 25.7 Å². The van der Waals surface area contributed by atoms with Gasteiger partial charge in [-0.1, -0.05) is 12.5 Å². The maximum atomic E-state index is 9.46. The van der Waals surface area contributed by atoms with Crippen LogP contribution in [0.3, 0.4) is 0 Å². The molecule has 3 aliphatic carbocycles. The number of aliphatic hydroxyl groups is 2. The van der Waals surface area contributed by atoms with Crippen molar-refractivity contribution in [1.82, 2.24) is 0 Å². The maximum absolute atomic E-state index is 9.46.